The second-order valence-electron chi connectivity index (χ2n) is 4.95. The molecule has 0 aromatic rings. The zero-order valence-corrected chi connectivity index (χ0v) is 13.9. The van der Waals surface area contributed by atoms with Crippen LogP contribution in [0.25, 0.3) is 0 Å². The SMILES string of the molecule is CC/C=C\C/C=C\C/C=C\C/C=C\C/C=C\CCCNC. The van der Waals surface area contributed by atoms with E-state index in [2.05, 4.69) is 73.0 Å². The Bertz CT molecular complexity index is 332. The molecule has 0 atom stereocenters. The molecule has 1 N–H and O–H groups in total. The molecule has 21 heavy (non-hydrogen) atoms. The molecule has 0 saturated heterocycles. The average Bonchev–Trinajstić information content (AvgIpc) is 2.50. The van der Waals surface area contributed by atoms with E-state index in [1.165, 1.54) is 12.8 Å². The summed E-state index contributed by atoms with van der Waals surface area (Å²) >= 11 is 0. The van der Waals surface area contributed by atoms with Crippen LogP contribution in [0.1, 0.15) is 51.9 Å². The van der Waals surface area contributed by atoms with Gasteiger partial charge in [0.05, 0.1) is 0 Å². The van der Waals surface area contributed by atoms with E-state index < -0.39 is 0 Å². The molecule has 0 saturated carbocycles. The highest BCUT2D eigenvalue weighted by atomic mass is 14.8. The molecule has 1 heteroatoms. The van der Waals surface area contributed by atoms with Crippen molar-refractivity contribution in [2.45, 2.75) is 51.9 Å². The lowest BCUT2D eigenvalue weighted by molar-refractivity contribution is 0.735. The Kier molecular flexibility index (Phi) is 17.5. The van der Waals surface area contributed by atoms with E-state index in [9.17, 15) is 0 Å². The minimum Gasteiger partial charge on any atom is -0.320 e. The first-order chi connectivity index (χ1) is 10.4. The predicted octanol–water partition coefficient (Wildman–Crippen LogP) is 5.74. The molecule has 0 aliphatic heterocycles. The van der Waals surface area contributed by atoms with E-state index in [4.69, 9.17) is 0 Å². The summed E-state index contributed by atoms with van der Waals surface area (Å²) in [5, 5.41) is 3.16. The number of unbranched alkanes of at least 4 members (excludes halogenated alkanes) is 1. The van der Waals surface area contributed by atoms with Gasteiger partial charge < -0.3 is 5.32 Å². The van der Waals surface area contributed by atoms with E-state index in [0.29, 0.717) is 0 Å². The standard InChI is InChI=1S/C20H33N/c1-3-4-5-6-7-8-9-10-11-12-13-14-15-16-17-18-19-20-21-2/h4-5,7-8,10-11,13-14,16-17,21H,3,6,9,12,15,18-20H2,1-2H3/b5-4-,8-7-,11-10-,14-13-,17-16-. The summed E-state index contributed by atoms with van der Waals surface area (Å²) < 4.78 is 0. The maximum atomic E-state index is 3.16. The Morgan fingerprint density at radius 1 is 0.619 bits per heavy atom. The van der Waals surface area contributed by atoms with Crippen molar-refractivity contribution < 1.29 is 0 Å². The largest absolute Gasteiger partial charge is 0.320 e. The van der Waals surface area contributed by atoms with Gasteiger partial charge in [0.25, 0.3) is 0 Å². The fourth-order valence-corrected chi connectivity index (χ4v) is 1.77. The summed E-state index contributed by atoms with van der Waals surface area (Å²) in [5.41, 5.74) is 0. The van der Waals surface area contributed by atoms with Crippen LogP contribution in [0.15, 0.2) is 60.8 Å². The number of allylic oxidation sites excluding steroid dienone is 10. The van der Waals surface area contributed by atoms with E-state index in [-0.39, 0.29) is 0 Å². The molecule has 0 aliphatic carbocycles. The minimum absolute atomic E-state index is 1.04. The molecular formula is C20H33N. The first-order valence-corrected chi connectivity index (χ1v) is 8.31. The predicted molar refractivity (Wildman–Crippen MR) is 97.6 cm³/mol. The highest BCUT2D eigenvalue weighted by Crippen LogP contribution is 1.96. The quantitative estimate of drug-likeness (QED) is 0.336. The first-order valence-electron chi connectivity index (χ1n) is 8.31. The van der Waals surface area contributed by atoms with E-state index in [1.807, 2.05) is 7.05 Å². The van der Waals surface area contributed by atoms with Gasteiger partial charge in [-0.1, -0.05) is 67.7 Å². The molecule has 0 unspecified atom stereocenters. The van der Waals surface area contributed by atoms with Crippen LogP contribution in [0.2, 0.25) is 0 Å². The van der Waals surface area contributed by atoms with Crippen LogP contribution >= 0.6 is 0 Å². The summed E-state index contributed by atoms with van der Waals surface area (Å²) in [5.74, 6) is 0. The van der Waals surface area contributed by atoms with Crippen LogP contribution in [0, 0.1) is 0 Å². The Labute approximate surface area is 132 Å². The van der Waals surface area contributed by atoms with Crippen molar-refractivity contribution in [2.75, 3.05) is 13.6 Å². The fourth-order valence-electron chi connectivity index (χ4n) is 1.77. The number of hydrogen-bond acceptors (Lipinski definition) is 1. The van der Waals surface area contributed by atoms with Crippen LogP contribution in [0.5, 0.6) is 0 Å². The Balaban J connectivity index is 3.41. The van der Waals surface area contributed by atoms with Crippen molar-refractivity contribution in [3.8, 4) is 0 Å². The third-order valence-corrected chi connectivity index (χ3v) is 2.96. The van der Waals surface area contributed by atoms with Gasteiger partial charge in [0.15, 0.2) is 0 Å². The van der Waals surface area contributed by atoms with Crippen LogP contribution < -0.4 is 5.32 Å². The lowest BCUT2D eigenvalue weighted by Gasteiger charge is -1.92. The van der Waals surface area contributed by atoms with Crippen LogP contribution in [-0.2, 0) is 0 Å². The fraction of sp³-hybridized carbons (Fsp3) is 0.500. The topological polar surface area (TPSA) is 12.0 Å². The van der Waals surface area contributed by atoms with E-state index in [0.717, 1.165) is 38.6 Å². The van der Waals surface area contributed by atoms with Crippen molar-refractivity contribution in [1.82, 2.24) is 5.32 Å². The molecule has 0 radical (unpaired) electrons. The molecule has 0 bridgehead atoms. The van der Waals surface area contributed by atoms with Gasteiger partial charge in [-0.3, -0.25) is 0 Å². The van der Waals surface area contributed by atoms with Crippen LogP contribution in [-0.4, -0.2) is 13.6 Å². The van der Waals surface area contributed by atoms with Crippen molar-refractivity contribution in [3.63, 3.8) is 0 Å². The minimum atomic E-state index is 1.04. The summed E-state index contributed by atoms with van der Waals surface area (Å²) in [6.07, 6.45) is 30.1. The number of rotatable bonds is 13. The molecule has 0 rings (SSSR count). The van der Waals surface area contributed by atoms with Crippen molar-refractivity contribution in [2.24, 2.45) is 0 Å². The van der Waals surface area contributed by atoms with Crippen molar-refractivity contribution in [3.05, 3.63) is 60.8 Å². The van der Waals surface area contributed by atoms with Gasteiger partial charge in [0.2, 0.25) is 0 Å². The maximum Gasteiger partial charge on any atom is -0.00490 e. The molecule has 0 spiro atoms. The highest BCUT2D eigenvalue weighted by Gasteiger charge is 1.79. The molecule has 0 aliphatic rings. The molecule has 0 aromatic carbocycles. The average molecular weight is 287 g/mol. The smallest absolute Gasteiger partial charge is 0.00490 e. The van der Waals surface area contributed by atoms with Gasteiger partial charge in [-0.15, -0.1) is 0 Å². The third-order valence-electron chi connectivity index (χ3n) is 2.96. The van der Waals surface area contributed by atoms with Crippen molar-refractivity contribution >= 4 is 0 Å². The van der Waals surface area contributed by atoms with Gasteiger partial charge in [-0.25, -0.2) is 0 Å². The highest BCUT2D eigenvalue weighted by molar-refractivity contribution is 5.00. The molecular weight excluding hydrogens is 254 g/mol. The number of hydrogen-bond donors (Lipinski definition) is 1. The van der Waals surface area contributed by atoms with E-state index in [1.54, 1.807) is 0 Å². The van der Waals surface area contributed by atoms with Gasteiger partial charge in [-0.2, -0.15) is 0 Å². The lowest BCUT2D eigenvalue weighted by atomic mass is 10.2. The zero-order chi connectivity index (χ0) is 15.4. The summed E-state index contributed by atoms with van der Waals surface area (Å²) in [7, 11) is 2.00. The Morgan fingerprint density at radius 2 is 1.05 bits per heavy atom. The molecule has 0 fully saturated rings. The molecule has 0 amide bonds. The number of nitrogens with one attached hydrogen (secondary N) is 1. The monoisotopic (exact) mass is 287 g/mol. The van der Waals surface area contributed by atoms with Gasteiger partial charge in [0, 0.05) is 0 Å². The third kappa shape index (κ3) is 18.7. The molecule has 0 aromatic heterocycles. The zero-order valence-electron chi connectivity index (χ0n) is 13.9. The summed E-state index contributed by atoms with van der Waals surface area (Å²) in [6.45, 7) is 3.27. The second kappa shape index (κ2) is 18.7. The molecule has 118 valence electrons. The van der Waals surface area contributed by atoms with Gasteiger partial charge in [0.1, 0.15) is 0 Å². The Morgan fingerprint density at radius 3 is 1.48 bits per heavy atom. The van der Waals surface area contributed by atoms with Crippen LogP contribution in [0.3, 0.4) is 0 Å². The summed E-state index contributed by atoms with van der Waals surface area (Å²) in [4.78, 5) is 0. The molecule has 1 nitrogen and oxygen atoms in total. The first kappa shape index (κ1) is 19.7. The van der Waals surface area contributed by atoms with Gasteiger partial charge >= 0.3 is 0 Å². The van der Waals surface area contributed by atoms with Crippen molar-refractivity contribution in [1.29, 1.82) is 0 Å². The van der Waals surface area contributed by atoms with E-state index >= 15 is 0 Å². The second-order valence-corrected chi connectivity index (χ2v) is 4.95. The molecule has 0 heterocycles. The van der Waals surface area contributed by atoms with Crippen LogP contribution in [0.4, 0.5) is 0 Å². The normalized spacial score (nSPS) is 13.0. The lowest BCUT2D eigenvalue weighted by Crippen LogP contribution is -2.06. The summed E-state index contributed by atoms with van der Waals surface area (Å²) in [6, 6.07) is 0. The Hall–Kier alpha value is -1.34. The maximum absolute atomic E-state index is 3.16. The van der Waals surface area contributed by atoms with Gasteiger partial charge in [-0.05, 0) is 58.5 Å².